The van der Waals surface area contributed by atoms with Crippen LogP contribution in [-0.2, 0) is 9.59 Å². The Morgan fingerprint density at radius 1 is 1.69 bits per heavy atom. The molecule has 76 valence electrons. The van der Waals surface area contributed by atoms with E-state index in [1.54, 1.807) is 14.0 Å². The summed E-state index contributed by atoms with van der Waals surface area (Å²) in [6.07, 6.45) is 0.455. The summed E-state index contributed by atoms with van der Waals surface area (Å²) in [5.74, 6) is -0.287. The van der Waals surface area contributed by atoms with E-state index in [-0.39, 0.29) is 12.6 Å². The summed E-state index contributed by atoms with van der Waals surface area (Å²) >= 11 is 0. The van der Waals surface area contributed by atoms with Crippen LogP contribution < -0.4 is 16.8 Å². The van der Waals surface area contributed by atoms with Gasteiger partial charge in [-0.15, -0.1) is 0 Å². The molecular formula is C7H16N4O2. The van der Waals surface area contributed by atoms with Gasteiger partial charge in [-0.05, 0) is 6.92 Å². The summed E-state index contributed by atoms with van der Waals surface area (Å²) in [7, 11) is 1.55. The molecule has 0 saturated carbocycles. The summed E-state index contributed by atoms with van der Waals surface area (Å²) in [4.78, 5) is 22.9. The van der Waals surface area contributed by atoms with Gasteiger partial charge in [-0.1, -0.05) is 0 Å². The molecule has 0 aromatic heterocycles. The molecule has 2 atom stereocenters. The Hall–Kier alpha value is -1.14. The third kappa shape index (κ3) is 3.39. The molecule has 2 amide bonds. The number of likely N-dealkylation sites (N-methyl/N-ethyl adjacent to an activating group) is 1. The molecule has 13 heavy (non-hydrogen) atoms. The fourth-order valence-corrected chi connectivity index (χ4v) is 0.849. The lowest BCUT2D eigenvalue weighted by Gasteiger charge is -2.24. The van der Waals surface area contributed by atoms with Crippen LogP contribution in [0.3, 0.4) is 0 Å². The second kappa shape index (κ2) is 5.50. The first-order valence-electron chi connectivity index (χ1n) is 3.95. The zero-order valence-electron chi connectivity index (χ0n) is 7.86. The van der Waals surface area contributed by atoms with Gasteiger partial charge in [0, 0.05) is 13.1 Å². The minimum atomic E-state index is -0.703. The van der Waals surface area contributed by atoms with E-state index in [9.17, 15) is 9.59 Å². The smallest absolute Gasteiger partial charge is 0.247 e. The van der Waals surface area contributed by atoms with Crippen LogP contribution >= 0.6 is 0 Å². The summed E-state index contributed by atoms with van der Waals surface area (Å²) in [5.41, 5.74) is 10.8. The van der Waals surface area contributed by atoms with Crippen molar-refractivity contribution in [2.24, 2.45) is 11.5 Å². The average molecular weight is 188 g/mol. The maximum Gasteiger partial charge on any atom is 0.247 e. The number of nitrogens with zero attached hydrogens (tertiary/aromatic N) is 1. The van der Waals surface area contributed by atoms with Crippen molar-refractivity contribution < 1.29 is 9.59 Å². The number of hydrogen-bond acceptors (Lipinski definition) is 4. The second-order valence-electron chi connectivity index (χ2n) is 2.84. The van der Waals surface area contributed by atoms with Gasteiger partial charge in [0.05, 0.1) is 6.67 Å². The molecule has 0 fully saturated rings. The van der Waals surface area contributed by atoms with Gasteiger partial charge in [0.2, 0.25) is 12.3 Å². The summed E-state index contributed by atoms with van der Waals surface area (Å²) in [6, 6.07) is -1.14. The fraction of sp³-hybridized carbons (Fsp3) is 0.714. The van der Waals surface area contributed by atoms with Gasteiger partial charge >= 0.3 is 0 Å². The van der Waals surface area contributed by atoms with E-state index in [1.165, 1.54) is 4.90 Å². The predicted molar refractivity (Wildman–Crippen MR) is 48.5 cm³/mol. The van der Waals surface area contributed by atoms with Crippen LogP contribution in [-0.4, -0.2) is 43.0 Å². The lowest BCUT2D eigenvalue weighted by atomic mass is 10.1. The molecule has 2 unspecified atom stereocenters. The van der Waals surface area contributed by atoms with E-state index in [1.807, 2.05) is 0 Å². The Kier molecular flexibility index (Phi) is 5.01. The van der Waals surface area contributed by atoms with Crippen LogP contribution in [0.4, 0.5) is 0 Å². The average Bonchev–Trinajstić information content (AvgIpc) is 2.11. The Balaban J connectivity index is 4.35. The number of nitrogens with one attached hydrogen (secondary N) is 1. The first-order chi connectivity index (χ1) is 6.04. The molecule has 0 rings (SSSR count). The predicted octanol–water partition coefficient (Wildman–Crippen LogP) is -2.18. The Morgan fingerprint density at radius 3 is 2.54 bits per heavy atom. The number of carbonyl (C=O) groups excluding carboxylic acids is 2. The van der Waals surface area contributed by atoms with E-state index in [0.717, 1.165) is 0 Å². The summed E-state index contributed by atoms with van der Waals surface area (Å²) < 4.78 is 0. The maximum atomic E-state index is 11.5. The number of hydrogen-bond donors (Lipinski definition) is 3. The van der Waals surface area contributed by atoms with E-state index in [2.05, 4.69) is 5.32 Å². The van der Waals surface area contributed by atoms with Crippen LogP contribution in [0.25, 0.3) is 0 Å². The maximum absolute atomic E-state index is 11.5. The van der Waals surface area contributed by atoms with Crippen molar-refractivity contribution in [3.05, 3.63) is 0 Å². The number of rotatable bonds is 5. The highest BCUT2D eigenvalue weighted by Crippen LogP contribution is 1.94. The highest BCUT2D eigenvalue weighted by atomic mass is 16.2. The van der Waals surface area contributed by atoms with Gasteiger partial charge in [-0.2, -0.15) is 0 Å². The molecule has 0 aromatic carbocycles. The quantitative estimate of drug-likeness (QED) is 0.337. The van der Waals surface area contributed by atoms with Crippen LogP contribution in [0, 0.1) is 0 Å². The van der Waals surface area contributed by atoms with E-state index < -0.39 is 12.1 Å². The van der Waals surface area contributed by atoms with Crippen LogP contribution in [0.5, 0.6) is 0 Å². The molecule has 6 heteroatoms. The number of carbonyl (C=O) groups is 2. The van der Waals surface area contributed by atoms with Gasteiger partial charge in [-0.3, -0.25) is 9.59 Å². The molecule has 0 radical (unpaired) electrons. The van der Waals surface area contributed by atoms with Crippen molar-refractivity contribution in [2.75, 3.05) is 13.7 Å². The lowest BCUT2D eigenvalue weighted by molar-refractivity contribution is -0.133. The third-order valence-corrected chi connectivity index (χ3v) is 1.69. The fourth-order valence-electron chi connectivity index (χ4n) is 0.849. The third-order valence-electron chi connectivity index (χ3n) is 1.69. The van der Waals surface area contributed by atoms with Crippen LogP contribution in [0.2, 0.25) is 0 Å². The molecule has 0 saturated heterocycles. The van der Waals surface area contributed by atoms with E-state index in [4.69, 9.17) is 11.5 Å². The molecule has 0 bridgehead atoms. The zero-order valence-corrected chi connectivity index (χ0v) is 7.86. The highest BCUT2D eigenvalue weighted by molar-refractivity contribution is 5.84. The molecule has 0 heterocycles. The standard InChI is InChI=1S/C7H16N4O2/c1-5(9)6(10-4-12)7(13)11(2)3-8/h4-6H,3,8-9H2,1-2H3,(H,10,12). The monoisotopic (exact) mass is 188 g/mol. The number of amides is 2. The second-order valence-corrected chi connectivity index (χ2v) is 2.84. The Labute approximate surface area is 77.2 Å². The van der Waals surface area contributed by atoms with Crippen molar-refractivity contribution in [1.29, 1.82) is 0 Å². The van der Waals surface area contributed by atoms with Crippen molar-refractivity contribution in [3.8, 4) is 0 Å². The van der Waals surface area contributed by atoms with Crippen molar-refractivity contribution >= 4 is 12.3 Å². The first-order valence-corrected chi connectivity index (χ1v) is 3.95. The summed E-state index contributed by atoms with van der Waals surface area (Å²) in [5, 5.41) is 2.34. The molecule has 5 N–H and O–H groups in total. The lowest BCUT2D eigenvalue weighted by Crippen LogP contribution is -2.54. The minimum absolute atomic E-state index is 0.0998. The van der Waals surface area contributed by atoms with Crippen molar-refractivity contribution in [2.45, 2.75) is 19.0 Å². The Morgan fingerprint density at radius 2 is 2.23 bits per heavy atom. The van der Waals surface area contributed by atoms with Crippen LogP contribution in [0.15, 0.2) is 0 Å². The van der Waals surface area contributed by atoms with Crippen LogP contribution in [0.1, 0.15) is 6.92 Å². The van der Waals surface area contributed by atoms with Gasteiger partial charge in [0.25, 0.3) is 0 Å². The molecule has 6 nitrogen and oxygen atoms in total. The molecule has 0 aromatic rings. The SMILES string of the molecule is CC(N)C(NC=O)C(=O)N(C)CN. The minimum Gasteiger partial charge on any atom is -0.346 e. The van der Waals surface area contributed by atoms with E-state index >= 15 is 0 Å². The number of nitrogens with two attached hydrogens (primary N) is 2. The van der Waals surface area contributed by atoms with E-state index in [0.29, 0.717) is 6.41 Å². The molecule has 0 aliphatic heterocycles. The largest absolute Gasteiger partial charge is 0.346 e. The van der Waals surface area contributed by atoms with Gasteiger partial charge in [0.1, 0.15) is 6.04 Å². The van der Waals surface area contributed by atoms with Crippen molar-refractivity contribution in [1.82, 2.24) is 10.2 Å². The first kappa shape index (κ1) is 11.9. The molecule has 0 aliphatic carbocycles. The summed E-state index contributed by atoms with van der Waals surface area (Å²) in [6.45, 7) is 1.74. The Bertz CT molecular complexity index is 183. The van der Waals surface area contributed by atoms with Crippen molar-refractivity contribution in [3.63, 3.8) is 0 Å². The highest BCUT2D eigenvalue weighted by Gasteiger charge is 2.23. The topological polar surface area (TPSA) is 101 Å². The zero-order chi connectivity index (χ0) is 10.4. The van der Waals surface area contributed by atoms with Gasteiger partial charge < -0.3 is 21.7 Å². The molecule has 0 aliphatic rings. The molecule has 0 spiro atoms. The van der Waals surface area contributed by atoms with Gasteiger partial charge in [-0.25, -0.2) is 0 Å². The van der Waals surface area contributed by atoms with Gasteiger partial charge in [0.15, 0.2) is 0 Å². The molecular weight excluding hydrogens is 172 g/mol. The normalized spacial score (nSPS) is 14.5.